The van der Waals surface area contributed by atoms with Crippen LogP contribution in [0, 0.1) is 3.57 Å². The smallest absolute Gasteiger partial charge is 0.0130 e. The summed E-state index contributed by atoms with van der Waals surface area (Å²) in [5.74, 6) is 0. The molecule has 0 fully saturated rings. The first-order valence-electron chi connectivity index (χ1n) is 4.88. The van der Waals surface area contributed by atoms with Crippen molar-refractivity contribution in [1.82, 2.24) is 0 Å². The van der Waals surface area contributed by atoms with E-state index in [-0.39, 0.29) is 0 Å². The molecule has 0 amide bonds. The maximum Gasteiger partial charge on any atom is 0.0130 e. The van der Waals surface area contributed by atoms with Crippen molar-refractivity contribution in [1.29, 1.82) is 0 Å². The Bertz CT molecular complexity index is 257. The third-order valence-corrected chi connectivity index (χ3v) is 3.82. The number of benzene rings is 1. The van der Waals surface area contributed by atoms with Gasteiger partial charge in [0.2, 0.25) is 0 Å². The average molecular weight is 288 g/mol. The molecule has 0 heterocycles. The van der Waals surface area contributed by atoms with Crippen molar-refractivity contribution in [3.8, 4) is 0 Å². The molecule has 0 nitrogen and oxygen atoms in total. The highest BCUT2D eigenvalue weighted by molar-refractivity contribution is 14.1. The van der Waals surface area contributed by atoms with Crippen LogP contribution in [-0.2, 0) is 5.41 Å². The molecule has 0 N–H and O–H groups in total. The fraction of sp³-hybridized carbons (Fsp3) is 0.500. The minimum Gasteiger partial charge on any atom is -0.0645 e. The van der Waals surface area contributed by atoms with Crippen LogP contribution in [0.2, 0.25) is 0 Å². The summed E-state index contributed by atoms with van der Waals surface area (Å²) in [6.07, 6.45) is 2.42. The fourth-order valence-electron chi connectivity index (χ4n) is 1.51. The molecular formula is C12H17I. The first kappa shape index (κ1) is 11.0. The molecule has 0 saturated heterocycles. The van der Waals surface area contributed by atoms with Crippen LogP contribution in [0.5, 0.6) is 0 Å². The van der Waals surface area contributed by atoms with Gasteiger partial charge < -0.3 is 0 Å². The molecule has 0 aromatic heterocycles. The van der Waals surface area contributed by atoms with Crippen molar-refractivity contribution in [2.45, 2.75) is 39.0 Å². The van der Waals surface area contributed by atoms with E-state index in [2.05, 4.69) is 67.6 Å². The van der Waals surface area contributed by atoms with Gasteiger partial charge in [-0.05, 0) is 58.5 Å². The van der Waals surface area contributed by atoms with E-state index < -0.39 is 0 Å². The van der Waals surface area contributed by atoms with Crippen LogP contribution in [0.15, 0.2) is 24.3 Å². The molecule has 1 heteroatoms. The van der Waals surface area contributed by atoms with Gasteiger partial charge in [-0.1, -0.05) is 32.9 Å². The normalized spacial score (nSPS) is 11.7. The van der Waals surface area contributed by atoms with Gasteiger partial charge in [0.05, 0.1) is 0 Å². The standard InChI is InChI=1S/C12H17I/c1-4-12(3,5-2)10-6-8-11(13)9-7-10/h6-9H,4-5H2,1-3H3. The second-order valence-corrected chi connectivity index (χ2v) is 5.02. The highest BCUT2D eigenvalue weighted by Crippen LogP contribution is 2.30. The Labute approximate surface area is 94.9 Å². The predicted octanol–water partition coefficient (Wildman–Crippen LogP) is 4.37. The number of halogens is 1. The monoisotopic (exact) mass is 288 g/mol. The van der Waals surface area contributed by atoms with Crippen LogP contribution in [0.3, 0.4) is 0 Å². The van der Waals surface area contributed by atoms with Crippen LogP contribution in [-0.4, -0.2) is 0 Å². The molecule has 0 radical (unpaired) electrons. The molecule has 0 aliphatic carbocycles. The summed E-state index contributed by atoms with van der Waals surface area (Å²) >= 11 is 2.35. The van der Waals surface area contributed by atoms with Crippen molar-refractivity contribution in [2.24, 2.45) is 0 Å². The highest BCUT2D eigenvalue weighted by atomic mass is 127. The Morgan fingerprint density at radius 1 is 1.08 bits per heavy atom. The van der Waals surface area contributed by atoms with Gasteiger partial charge in [-0.3, -0.25) is 0 Å². The number of rotatable bonds is 3. The SMILES string of the molecule is CCC(C)(CC)c1ccc(I)cc1. The summed E-state index contributed by atoms with van der Waals surface area (Å²) in [5, 5.41) is 0. The van der Waals surface area contributed by atoms with Gasteiger partial charge in [-0.25, -0.2) is 0 Å². The molecule has 0 bridgehead atoms. The molecule has 0 atom stereocenters. The van der Waals surface area contributed by atoms with E-state index >= 15 is 0 Å². The van der Waals surface area contributed by atoms with Gasteiger partial charge in [-0.15, -0.1) is 0 Å². The zero-order chi connectivity index (χ0) is 9.90. The Morgan fingerprint density at radius 2 is 1.54 bits per heavy atom. The maximum atomic E-state index is 2.35. The lowest BCUT2D eigenvalue weighted by molar-refractivity contribution is 0.439. The number of hydrogen-bond acceptors (Lipinski definition) is 0. The molecule has 0 spiro atoms. The van der Waals surface area contributed by atoms with E-state index in [0.717, 1.165) is 0 Å². The van der Waals surface area contributed by atoms with Gasteiger partial charge >= 0.3 is 0 Å². The summed E-state index contributed by atoms with van der Waals surface area (Å²) in [7, 11) is 0. The fourth-order valence-corrected chi connectivity index (χ4v) is 1.87. The Morgan fingerprint density at radius 3 is 1.92 bits per heavy atom. The number of hydrogen-bond donors (Lipinski definition) is 0. The highest BCUT2D eigenvalue weighted by Gasteiger charge is 2.21. The molecule has 1 aromatic rings. The van der Waals surface area contributed by atoms with Gasteiger partial charge in [0.25, 0.3) is 0 Å². The van der Waals surface area contributed by atoms with Gasteiger partial charge in [0, 0.05) is 3.57 Å². The van der Waals surface area contributed by atoms with E-state index in [1.54, 1.807) is 0 Å². The van der Waals surface area contributed by atoms with E-state index in [4.69, 9.17) is 0 Å². The zero-order valence-corrected chi connectivity index (χ0v) is 10.8. The second kappa shape index (κ2) is 4.45. The molecule has 0 aliphatic rings. The van der Waals surface area contributed by atoms with E-state index in [1.165, 1.54) is 22.0 Å². The topological polar surface area (TPSA) is 0 Å². The lowest BCUT2D eigenvalue weighted by Crippen LogP contribution is -2.19. The second-order valence-electron chi connectivity index (χ2n) is 3.77. The lowest BCUT2D eigenvalue weighted by atomic mass is 9.78. The molecule has 0 unspecified atom stereocenters. The molecule has 1 rings (SSSR count). The summed E-state index contributed by atoms with van der Waals surface area (Å²) in [6, 6.07) is 8.91. The van der Waals surface area contributed by atoms with Gasteiger partial charge in [-0.2, -0.15) is 0 Å². The quantitative estimate of drug-likeness (QED) is 0.724. The first-order chi connectivity index (χ1) is 6.12. The van der Waals surface area contributed by atoms with E-state index in [0.29, 0.717) is 5.41 Å². The van der Waals surface area contributed by atoms with Crippen LogP contribution in [0.25, 0.3) is 0 Å². The van der Waals surface area contributed by atoms with Crippen LogP contribution >= 0.6 is 22.6 Å². The Kier molecular flexibility index (Phi) is 3.77. The van der Waals surface area contributed by atoms with Crippen LogP contribution in [0.1, 0.15) is 39.2 Å². The van der Waals surface area contributed by atoms with Crippen LogP contribution in [0.4, 0.5) is 0 Å². The van der Waals surface area contributed by atoms with Crippen molar-refractivity contribution >= 4 is 22.6 Å². The van der Waals surface area contributed by atoms with Gasteiger partial charge in [0.1, 0.15) is 0 Å². The largest absolute Gasteiger partial charge is 0.0645 e. The van der Waals surface area contributed by atoms with E-state index in [9.17, 15) is 0 Å². The maximum absolute atomic E-state index is 2.35. The molecule has 0 aliphatic heterocycles. The molecule has 1 aromatic carbocycles. The zero-order valence-electron chi connectivity index (χ0n) is 8.60. The Balaban J connectivity index is 2.99. The molecule has 13 heavy (non-hydrogen) atoms. The van der Waals surface area contributed by atoms with Crippen molar-refractivity contribution in [3.05, 3.63) is 33.4 Å². The molecule has 0 saturated carbocycles. The third kappa shape index (κ3) is 2.46. The summed E-state index contributed by atoms with van der Waals surface area (Å²) in [4.78, 5) is 0. The summed E-state index contributed by atoms with van der Waals surface area (Å²) < 4.78 is 1.32. The average Bonchev–Trinajstić information content (AvgIpc) is 2.18. The minimum absolute atomic E-state index is 0.365. The minimum atomic E-state index is 0.365. The summed E-state index contributed by atoms with van der Waals surface area (Å²) in [6.45, 7) is 6.87. The third-order valence-electron chi connectivity index (χ3n) is 3.10. The first-order valence-corrected chi connectivity index (χ1v) is 5.96. The van der Waals surface area contributed by atoms with Crippen LogP contribution < -0.4 is 0 Å². The molecule has 72 valence electrons. The predicted molar refractivity (Wildman–Crippen MR) is 67.1 cm³/mol. The van der Waals surface area contributed by atoms with Crippen molar-refractivity contribution < 1.29 is 0 Å². The Hall–Kier alpha value is -0.0500. The lowest BCUT2D eigenvalue weighted by Gasteiger charge is -2.27. The van der Waals surface area contributed by atoms with E-state index in [1.807, 2.05) is 0 Å². The van der Waals surface area contributed by atoms with Crippen molar-refractivity contribution in [3.63, 3.8) is 0 Å². The van der Waals surface area contributed by atoms with Crippen molar-refractivity contribution in [2.75, 3.05) is 0 Å². The summed E-state index contributed by atoms with van der Waals surface area (Å²) in [5.41, 5.74) is 1.84. The van der Waals surface area contributed by atoms with Gasteiger partial charge in [0.15, 0.2) is 0 Å². The molecular weight excluding hydrogens is 271 g/mol.